The maximum Gasteiger partial charge on any atom is 0.257 e. The fourth-order valence-corrected chi connectivity index (χ4v) is 3.80. The highest BCUT2D eigenvalue weighted by molar-refractivity contribution is 6.31. The highest BCUT2D eigenvalue weighted by atomic mass is 19.1. The number of nitrogens with one attached hydrogen (secondary N) is 3. The molecule has 4 rings (SSSR count). The average molecular weight is 366 g/mol. The van der Waals surface area contributed by atoms with Crippen LogP contribution in [0.2, 0.25) is 0 Å². The Morgan fingerprint density at radius 3 is 2.52 bits per heavy atom. The Morgan fingerprint density at radius 1 is 1.11 bits per heavy atom. The van der Waals surface area contributed by atoms with Crippen molar-refractivity contribution in [1.29, 1.82) is 0 Å². The highest BCUT2D eigenvalue weighted by Gasteiger charge is 2.27. The van der Waals surface area contributed by atoms with Gasteiger partial charge in [-0.1, -0.05) is 6.07 Å². The molecule has 3 N–H and O–H groups in total. The van der Waals surface area contributed by atoms with E-state index in [9.17, 15) is 9.18 Å². The van der Waals surface area contributed by atoms with Crippen LogP contribution in [0.15, 0.2) is 48.7 Å². The lowest BCUT2D eigenvalue weighted by Crippen LogP contribution is -2.54. The molecule has 0 aliphatic carbocycles. The number of piperazine rings is 1. The van der Waals surface area contributed by atoms with Crippen molar-refractivity contribution in [3.63, 3.8) is 0 Å². The quantitative estimate of drug-likeness (QED) is 0.729. The molecule has 2 unspecified atom stereocenters. The minimum atomic E-state index is -0.406. The number of hydrogen-bond acceptors (Lipinski definition) is 4. The van der Waals surface area contributed by atoms with Crippen molar-refractivity contribution in [2.45, 2.75) is 25.9 Å². The maximum absolute atomic E-state index is 14.1. The standard InChI is InChI=1S/C21H23FN4O/c1-13-11-26(12-14(2)24-13)16-8-6-15(7-9-16)23-10-17-20-18(22)4-3-5-19(20)25-21(17)27/h3-10,13-14,23-24H,11-12H2,1-2H3,(H,25,27)/b17-10+. The molecule has 1 fully saturated rings. The van der Waals surface area contributed by atoms with Crippen LogP contribution in [-0.4, -0.2) is 31.1 Å². The van der Waals surface area contributed by atoms with E-state index in [-0.39, 0.29) is 5.91 Å². The number of halogens is 1. The fraction of sp³-hybridized carbons (Fsp3) is 0.286. The summed E-state index contributed by atoms with van der Waals surface area (Å²) in [5.41, 5.74) is 3.14. The van der Waals surface area contributed by atoms with Gasteiger partial charge in [0.05, 0.1) is 11.3 Å². The lowest BCUT2D eigenvalue weighted by molar-refractivity contribution is -0.110. The highest BCUT2D eigenvalue weighted by Crippen LogP contribution is 2.33. The lowest BCUT2D eigenvalue weighted by atomic mass is 10.1. The molecule has 2 aromatic rings. The summed E-state index contributed by atoms with van der Waals surface area (Å²) in [5, 5.41) is 9.33. The first-order valence-corrected chi connectivity index (χ1v) is 9.19. The van der Waals surface area contributed by atoms with Crippen molar-refractivity contribution in [3.8, 4) is 0 Å². The SMILES string of the molecule is CC1CN(c2ccc(N/C=C3/C(=O)Nc4cccc(F)c43)cc2)CC(C)N1. The number of anilines is 3. The zero-order chi connectivity index (χ0) is 19.0. The molecule has 2 atom stereocenters. The van der Waals surface area contributed by atoms with E-state index in [1.807, 2.05) is 12.1 Å². The molecule has 0 aromatic heterocycles. The van der Waals surface area contributed by atoms with Crippen molar-refractivity contribution >= 4 is 28.5 Å². The van der Waals surface area contributed by atoms with Crippen LogP contribution in [0.25, 0.3) is 5.57 Å². The first-order valence-electron chi connectivity index (χ1n) is 9.19. The second-order valence-corrected chi connectivity index (χ2v) is 7.24. The number of carbonyl (C=O) groups is 1. The predicted molar refractivity (Wildman–Crippen MR) is 107 cm³/mol. The van der Waals surface area contributed by atoms with Crippen LogP contribution in [0.1, 0.15) is 19.4 Å². The van der Waals surface area contributed by atoms with Crippen molar-refractivity contribution in [2.75, 3.05) is 28.6 Å². The number of carbonyl (C=O) groups excluding carboxylic acids is 1. The minimum absolute atomic E-state index is 0.303. The third-order valence-corrected chi connectivity index (χ3v) is 4.95. The first-order chi connectivity index (χ1) is 13.0. The molecule has 2 aliphatic rings. The number of fused-ring (bicyclic) bond motifs is 1. The maximum atomic E-state index is 14.1. The average Bonchev–Trinajstić information content (AvgIpc) is 2.96. The lowest BCUT2D eigenvalue weighted by Gasteiger charge is -2.37. The summed E-state index contributed by atoms with van der Waals surface area (Å²) in [6, 6.07) is 13.6. The summed E-state index contributed by atoms with van der Waals surface area (Å²) >= 11 is 0. The van der Waals surface area contributed by atoms with Gasteiger partial charge in [0, 0.05) is 48.3 Å². The number of amides is 1. The zero-order valence-corrected chi connectivity index (χ0v) is 15.4. The smallest absolute Gasteiger partial charge is 0.257 e. The van der Waals surface area contributed by atoms with E-state index in [2.05, 4.69) is 46.8 Å². The molecule has 1 amide bonds. The Kier molecular flexibility index (Phi) is 4.58. The van der Waals surface area contributed by atoms with E-state index < -0.39 is 5.82 Å². The normalized spacial score (nSPS) is 23.3. The third kappa shape index (κ3) is 3.53. The minimum Gasteiger partial charge on any atom is -0.368 e. The van der Waals surface area contributed by atoms with Crippen LogP contribution in [0, 0.1) is 5.82 Å². The molecule has 0 bridgehead atoms. The van der Waals surface area contributed by atoms with Gasteiger partial charge in [-0.2, -0.15) is 0 Å². The number of benzene rings is 2. The number of nitrogens with zero attached hydrogens (tertiary/aromatic N) is 1. The fourth-order valence-electron chi connectivity index (χ4n) is 3.80. The molecule has 2 aliphatic heterocycles. The van der Waals surface area contributed by atoms with Crippen LogP contribution < -0.4 is 20.9 Å². The summed E-state index contributed by atoms with van der Waals surface area (Å²) in [5.74, 6) is -0.709. The van der Waals surface area contributed by atoms with E-state index in [1.54, 1.807) is 18.3 Å². The Hall–Kier alpha value is -2.86. The van der Waals surface area contributed by atoms with Crippen LogP contribution in [-0.2, 0) is 4.79 Å². The molecule has 1 saturated heterocycles. The van der Waals surface area contributed by atoms with Crippen molar-refractivity contribution in [2.24, 2.45) is 0 Å². The van der Waals surface area contributed by atoms with Crippen LogP contribution in [0.5, 0.6) is 0 Å². The topological polar surface area (TPSA) is 56.4 Å². The molecular formula is C21H23FN4O. The Morgan fingerprint density at radius 2 is 1.81 bits per heavy atom. The molecule has 140 valence electrons. The van der Waals surface area contributed by atoms with Gasteiger partial charge in [0.2, 0.25) is 0 Å². The molecule has 27 heavy (non-hydrogen) atoms. The molecule has 2 heterocycles. The second kappa shape index (κ2) is 7.04. The summed E-state index contributed by atoms with van der Waals surface area (Å²) in [4.78, 5) is 14.5. The Balaban J connectivity index is 1.50. The molecule has 2 aromatic carbocycles. The zero-order valence-electron chi connectivity index (χ0n) is 15.4. The Labute approximate surface area is 158 Å². The second-order valence-electron chi connectivity index (χ2n) is 7.24. The van der Waals surface area contributed by atoms with E-state index in [4.69, 9.17) is 0 Å². The van der Waals surface area contributed by atoms with Crippen molar-refractivity contribution < 1.29 is 9.18 Å². The molecule has 5 nitrogen and oxygen atoms in total. The number of rotatable bonds is 3. The molecular weight excluding hydrogens is 343 g/mol. The first kappa shape index (κ1) is 17.5. The van der Waals surface area contributed by atoms with Crippen molar-refractivity contribution in [1.82, 2.24) is 5.32 Å². The summed E-state index contributed by atoms with van der Waals surface area (Å²) < 4.78 is 14.1. The largest absolute Gasteiger partial charge is 0.368 e. The van der Waals surface area contributed by atoms with Gasteiger partial charge in [-0.3, -0.25) is 4.79 Å². The van der Waals surface area contributed by atoms with E-state index in [0.717, 1.165) is 18.8 Å². The monoisotopic (exact) mass is 366 g/mol. The van der Waals surface area contributed by atoms with Gasteiger partial charge < -0.3 is 20.9 Å². The Bertz CT molecular complexity index is 884. The van der Waals surface area contributed by atoms with Gasteiger partial charge in [-0.15, -0.1) is 0 Å². The van der Waals surface area contributed by atoms with Crippen LogP contribution in [0.4, 0.5) is 21.5 Å². The van der Waals surface area contributed by atoms with Crippen LogP contribution >= 0.6 is 0 Å². The van der Waals surface area contributed by atoms with Gasteiger partial charge in [0.1, 0.15) is 5.82 Å². The van der Waals surface area contributed by atoms with Gasteiger partial charge in [-0.05, 0) is 50.2 Å². The van der Waals surface area contributed by atoms with Gasteiger partial charge in [-0.25, -0.2) is 4.39 Å². The predicted octanol–water partition coefficient (Wildman–Crippen LogP) is 3.42. The number of hydrogen-bond donors (Lipinski definition) is 3. The van der Waals surface area contributed by atoms with E-state index >= 15 is 0 Å². The molecule has 0 saturated carbocycles. The van der Waals surface area contributed by atoms with E-state index in [1.165, 1.54) is 11.8 Å². The summed E-state index contributed by atoms with van der Waals surface area (Å²) in [6.45, 7) is 6.32. The molecule has 0 radical (unpaired) electrons. The molecule has 0 spiro atoms. The third-order valence-electron chi connectivity index (χ3n) is 4.95. The van der Waals surface area contributed by atoms with Gasteiger partial charge in [0.25, 0.3) is 5.91 Å². The van der Waals surface area contributed by atoms with Gasteiger partial charge in [0.15, 0.2) is 0 Å². The van der Waals surface area contributed by atoms with Crippen molar-refractivity contribution in [3.05, 3.63) is 60.0 Å². The summed E-state index contributed by atoms with van der Waals surface area (Å²) in [6.07, 6.45) is 1.56. The summed E-state index contributed by atoms with van der Waals surface area (Å²) in [7, 11) is 0. The van der Waals surface area contributed by atoms with Gasteiger partial charge >= 0.3 is 0 Å². The molecule has 6 heteroatoms. The van der Waals surface area contributed by atoms with E-state index in [0.29, 0.717) is 28.9 Å². The van der Waals surface area contributed by atoms with Crippen LogP contribution in [0.3, 0.4) is 0 Å².